The average Bonchev–Trinajstić information content (AvgIpc) is 2.66. The van der Waals surface area contributed by atoms with Gasteiger partial charge in [0.05, 0.1) is 30.4 Å². The molecule has 1 rings (SSSR count). The molecule has 18 heavy (non-hydrogen) atoms. The molecular weight excluding hydrogens is 226 g/mol. The first-order valence-electron chi connectivity index (χ1n) is 6.47. The van der Waals surface area contributed by atoms with Crippen LogP contribution in [-0.2, 0) is 19.4 Å². The van der Waals surface area contributed by atoms with Crippen molar-refractivity contribution in [3.8, 4) is 6.07 Å². The molecule has 0 unspecified atom stereocenters. The second-order valence-electron chi connectivity index (χ2n) is 5.28. The molecule has 0 aliphatic heterocycles. The Hall–Kier alpha value is -1.41. The third-order valence-electron chi connectivity index (χ3n) is 2.88. The summed E-state index contributed by atoms with van der Waals surface area (Å²) in [4.78, 5) is 2.12. The Kier molecular flexibility index (Phi) is 5.79. The lowest BCUT2D eigenvalue weighted by Gasteiger charge is -2.12. The fourth-order valence-corrected chi connectivity index (χ4v) is 1.75. The Morgan fingerprint density at radius 1 is 1.39 bits per heavy atom. The maximum absolute atomic E-state index is 8.81. The van der Waals surface area contributed by atoms with E-state index >= 15 is 0 Å². The summed E-state index contributed by atoms with van der Waals surface area (Å²) in [6.07, 6.45) is 2.41. The minimum absolute atomic E-state index is 0.357. The molecule has 0 aliphatic carbocycles. The van der Waals surface area contributed by atoms with Gasteiger partial charge in [-0.15, -0.1) is 5.10 Å². The van der Waals surface area contributed by atoms with Gasteiger partial charge in [-0.05, 0) is 32.9 Å². The van der Waals surface area contributed by atoms with E-state index in [1.54, 1.807) is 0 Å². The second kappa shape index (κ2) is 7.12. The molecule has 1 heterocycles. The predicted molar refractivity (Wildman–Crippen MR) is 71.1 cm³/mol. The van der Waals surface area contributed by atoms with Crippen LogP contribution < -0.4 is 0 Å². The van der Waals surface area contributed by atoms with E-state index in [0.29, 0.717) is 12.3 Å². The van der Waals surface area contributed by atoms with Gasteiger partial charge in [0, 0.05) is 6.54 Å². The molecule has 0 fully saturated rings. The van der Waals surface area contributed by atoms with E-state index in [2.05, 4.69) is 35.1 Å². The van der Waals surface area contributed by atoms with Gasteiger partial charge in [-0.3, -0.25) is 0 Å². The molecule has 5 nitrogen and oxygen atoms in total. The smallest absolute Gasteiger partial charge is 0.0999 e. The summed E-state index contributed by atoms with van der Waals surface area (Å²) in [7, 11) is 4.09. The topological polar surface area (TPSA) is 57.7 Å². The van der Waals surface area contributed by atoms with Crippen molar-refractivity contribution in [1.82, 2.24) is 19.9 Å². The first-order chi connectivity index (χ1) is 8.54. The average molecular weight is 249 g/mol. The van der Waals surface area contributed by atoms with E-state index in [9.17, 15) is 0 Å². The molecule has 0 aromatic carbocycles. The summed E-state index contributed by atoms with van der Waals surface area (Å²) in [5, 5.41) is 17.1. The first-order valence-corrected chi connectivity index (χ1v) is 6.47. The number of hydrogen-bond acceptors (Lipinski definition) is 4. The van der Waals surface area contributed by atoms with Crippen LogP contribution in [-0.4, -0.2) is 40.5 Å². The summed E-state index contributed by atoms with van der Waals surface area (Å²) in [5.74, 6) is 0.650. The van der Waals surface area contributed by atoms with Crippen LogP contribution in [0, 0.1) is 17.2 Å². The number of nitriles is 1. The number of rotatable bonds is 7. The van der Waals surface area contributed by atoms with Crippen molar-refractivity contribution in [2.45, 2.75) is 39.7 Å². The van der Waals surface area contributed by atoms with Crippen molar-refractivity contribution in [1.29, 1.82) is 5.26 Å². The highest BCUT2D eigenvalue weighted by atomic mass is 15.4. The lowest BCUT2D eigenvalue weighted by molar-refractivity contribution is 0.365. The molecule has 0 atom stereocenters. The van der Waals surface area contributed by atoms with Gasteiger partial charge in [0.1, 0.15) is 0 Å². The quantitative estimate of drug-likeness (QED) is 0.734. The third-order valence-corrected chi connectivity index (χ3v) is 2.88. The molecule has 5 heteroatoms. The lowest BCUT2D eigenvalue weighted by Crippen LogP contribution is -2.20. The van der Waals surface area contributed by atoms with Gasteiger partial charge in [-0.25, -0.2) is 4.68 Å². The summed E-state index contributed by atoms with van der Waals surface area (Å²) in [6.45, 7) is 6.18. The Labute approximate surface area is 109 Å². The number of hydrogen-bond donors (Lipinski definition) is 0. The van der Waals surface area contributed by atoms with Gasteiger partial charge in [0.2, 0.25) is 0 Å². The fraction of sp³-hybridized carbons (Fsp3) is 0.769. The van der Waals surface area contributed by atoms with Crippen molar-refractivity contribution in [3.05, 3.63) is 11.4 Å². The van der Waals surface area contributed by atoms with E-state index in [-0.39, 0.29) is 0 Å². The molecule has 0 saturated carbocycles. The molecule has 100 valence electrons. The molecule has 0 N–H and O–H groups in total. The van der Waals surface area contributed by atoms with Gasteiger partial charge < -0.3 is 4.90 Å². The maximum atomic E-state index is 8.81. The fourth-order valence-electron chi connectivity index (χ4n) is 1.75. The minimum atomic E-state index is 0.357. The zero-order chi connectivity index (χ0) is 13.5. The Morgan fingerprint density at radius 3 is 2.67 bits per heavy atom. The van der Waals surface area contributed by atoms with E-state index in [4.69, 9.17) is 5.26 Å². The number of likely N-dealkylation sites (N-methyl/N-ethyl adjacent to an activating group) is 1. The van der Waals surface area contributed by atoms with Gasteiger partial charge in [-0.1, -0.05) is 19.1 Å². The van der Waals surface area contributed by atoms with E-state index in [0.717, 1.165) is 37.3 Å². The van der Waals surface area contributed by atoms with Crippen LogP contribution in [0.5, 0.6) is 0 Å². The Balaban J connectivity index is 2.78. The minimum Gasteiger partial charge on any atom is -0.308 e. The summed E-state index contributed by atoms with van der Waals surface area (Å²) < 4.78 is 1.95. The van der Waals surface area contributed by atoms with Crippen LogP contribution in [0.25, 0.3) is 0 Å². The van der Waals surface area contributed by atoms with Crippen molar-refractivity contribution >= 4 is 0 Å². The third kappa shape index (κ3) is 4.46. The first kappa shape index (κ1) is 14.7. The molecule has 0 amide bonds. The molecule has 1 aromatic rings. The Morgan fingerprint density at radius 2 is 2.11 bits per heavy atom. The summed E-state index contributed by atoms with van der Waals surface area (Å²) in [5.41, 5.74) is 1.98. The van der Waals surface area contributed by atoms with Crippen LogP contribution in [0.1, 0.15) is 31.7 Å². The SMILES string of the molecule is CC(C)CCc1c(CC#N)nnn1CCN(C)C. The van der Waals surface area contributed by atoms with Gasteiger partial charge in [0.25, 0.3) is 0 Å². The van der Waals surface area contributed by atoms with Crippen molar-refractivity contribution in [2.24, 2.45) is 5.92 Å². The monoisotopic (exact) mass is 249 g/mol. The van der Waals surface area contributed by atoms with Gasteiger partial charge in [0.15, 0.2) is 0 Å². The highest BCUT2D eigenvalue weighted by molar-refractivity contribution is 5.14. The van der Waals surface area contributed by atoms with Crippen molar-refractivity contribution in [2.75, 3.05) is 20.6 Å². The highest BCUT2D eigenvalue weighted by Crippen LogP contribution is 2.12. The standard InChI is InChI=1S/C13H23N5/c1-11(2)5-6-13-12(7-8-14)15-16-18(13)10-9-17(3)4/h11H,5-7,9-10H2,1-4H3. The summed E-state index contributed by atoms with van der Waals surface area (Å²) >= 11 is 0. The normalized spacial score (nSPS) is 11.2. The van der Waals surface area contributed by atoms with E-state index in [1.165, 1.54) is 0 Å². The van der Waals surface area contributed by atoms with Crippen LogP contribution >= 0.6 is 0 Å². The zero-order valence-electron chi connectivity index (χ0n) is 11.8. The van der Waals surface area contributed by atoms with Crippen LogP contribution in [0.2, 0.25) is 0 Å². The Bertz CT molecular complexity index is 400. The molecule has 1 aromatic heterocycles. The number of nitrogens with zero attached hydrogens (tertiary/aromatic N) is 5. The largest absolute Gasteiger partial charge is 0.308 e. The highest BCUT2D eigenvalue weighted by Gasteiger charge is 2.13. The van der Waals surface area contributed by atoms with Gasteiger partial charge in [-0.2, -0.15) is 5.26 Å². The van der Waals surface area contributed by atoms with E-state index in [1.807, 2.05) is 18.8 Å². The van der Waals surface area contributed by atoms with Crippen LogP contribution in [0.4, 0.5) is 0 Å². The van der Waals surface area contributed by atoms with E-state index < -0.39 is 0 Å². The molecule has 0 aliphatic rings. The number of aromatic nitrogens is 3. The predicted octanol–water partition coefficient (Wildman–Crippen LogP) is 1.49. The summed E-state index contributed by atoms with van der Waals surface area (Å²) in [6, 6.07) is 2.16. The zero-order valence-corrected chi connectivity index (χ0v) is 11.8. The molecule has 0 spiro atoms. The molecule has 0 saturated heterocycles. The molecule has 0 radical (unpaired) electrons. The molecule has 0 bridgehead atoms. The molecular formula is C13H23N5. The van der Waals surface area contributed by atoms with Crippen molar-refractivity contribution in [3.63, 3.8) is 0 Å². The van der Waals surface area contributed by atoms with Crippen LogP contribution in [0.15, 0.2) is 0 Å². The second-order valence-corrected chi connectivity index (χ2v) is 5.28. The van der Waals surface area contributed by atoms with Gasteiger partial charge >= 0.3 is 0 Å². The lowest BCUT2D eigenvalue weighted by atomic mass is 10.0. The van der Waals surface area contributed by atoms with Crippen LogP contribution in [0.3, 0.4) is 0 Å². The van der Waals surface area contributed by atoms with Crippen molar-refractivity contribution < 1.29 is 0 Å². The maximum Gasteiger partial charge on any atom is 0.0999 e.